The minimum Gasteiger partial charge on any atom is -0.335 e. The highest BCUT2D eigenvalue weighted by atomic mass is 16.2. The topological polar surface area (TPSA) is 72.1 Å². The maximum Gasteiger partial charge on any atom is 0.254 e. The van der Waals surface area contributed by atoms with E-state index in [4.69, 9.17) is 5.73 Å². The Bertz CT molecular complexity index is 649. The van der Waals surface area contributed by atoms with Crippen LogP contribution in [0.2, 0.25) is 0 Å². The Labute approximate surface area is 117 Å². The Morgan fingerprint density at radius 3 is 2.70 bits per heavy atom. The minimum absolute atomic E-state index is 0.0229. The molecule has 1 aliphatic heterocycles. The third-order valence-corrected chi connectivity index (χ3v) is 3.76. The summed E-state index contributed by atoms with van der Waals surface area (Å²) in [7, 11) is 0. The molecule has 0 aliphatic carbocycles. The molecule has 1 aliphatic rings. The molecule has 104 valence electrons. The molecule has 1 aromatic carbocycles. The smallest absolute Gasteiger partial charge is 0.254 e. The lowest BCUT2D eigenvalue weighted by molar-refractivity contribution is 0.0386. The van der Waals surface area contributed by atoms with Crippen molar-refractivity contribution >= 4 is 16.9 Å². The van der Waals surface area contributed by atoms with Crippen LogP contribution in [0.3, 0.4) is 0 Å². The number of nitrogens with two attached hydrogens (primary N) is 1. The molecular formula is C15H18N4O. The number of carbonyl (C=O) groups is 1. The summed E-state index contributed by atoms with van der Waals surface area (Å²) in [5.41, 5.74) is 8.19. The highest BCUT2D eigenvalue weighted by Crippen LogP contribution is 2.25. The van der Waals surface area contributed by atoms with Crippen molar-refractivity contribution < 1.29 is 4.79 Å². The third-order valence-electron chi connectivity index (χ3n) is 3.76. The Morgan fingerprint density at radius 2 is 2.00 bits per heavy atom. The fourth-order valence-corrected chi connectivity index (χ4v) is 2.79. The Morgan fingerprint density at radius 1 is 1.30 bits per heavy atom. The number of aromatic nitrogens is 2. The van der Waals surface area contributed by atoms with Gasteiger partial charge < -0.3 is 10.6 Å². The molecule has 1 amide bonds. The predicted molar refractivity (Wildman–Crippen MR) is 77.3 cm³/mol. The lowest BCUT2D eigenvalue weighted by atomic mass is 9.86. The van der Waals surface area contributed by atoms with E-state index < -0.39 is 0 Å². The fourth-order valence-electron chi connectivity index (χ4n) is 2.79. The van der Waals surface area contributed by atoms with Gasteiger partial charge in [0.15, 0.2) is 0 Å². The second-order valence-corrected chi connectivity index (χ2v) is 5.53. The number of amides is 1. The average molecular weight is 270 g/mol. The van der Waals surface area contributed by atoms with Crippen molar-refractivity contribution in [3.05, 3.63) is 36.2 Å². The molecule has 5 nitrogen and oxygen atoms in total. The number of hydrogen-bond acceptors (Lipinski definition) is 4. The van der Waals surface area contributed by atoms with Gasteiger partial charge in [0.1, 0.15) is 0 Å². The van der Waals surface area contributed by atoms with Crippen LogP contribution in [0, 0.1) is 0 Å². The van der Waals surface area contributed by atoms with Crippen molar-refractivity contribution in [1.29, 1.82) is 0 Å². The number of nitrogens with zero attached hydrogens (tertiary/aromatic N) is 3. The van der Waals surface area contributed by atoms with Gasteiger partial charge in [-0.25, -0.2) is 0 Å². The first-order valence-electron chi connectivity index (χ1n) is 6.90. The van der Waals surface area contributed by atoms with E-state index in [0.717, 1.165) is 23.9 Å². The second-order valence-electron chi connectivity index (χ2n) is 5.53. The van der Waals surface area contributed by atoms with Crippen LogP contribution in [-0.4, -0.2) is 39.4 Å². The van der Waals surface area contributed by atoms with Crippen LogP contribution in [0.25, 0.3) is 11.0 Å². The molecule has 1 aromatic heterocycles. The van der Waals surface area contributed by atoms with E-state index in [-0.39, 0.29) is 11.4 Å². The summed E-state index contributed by atoms with van der Waals surface area (Å²) in [6.07, 6.45) is 5.28. The first-order chi connectivity index (χ1) is 9.61. The Hall–Kier alpha value is -2.01. The van der Waals surface area contributed by atoms with Crippen LogP contribution in [0.15, 0.2) is 30.6 Å². The first kappa shape index (κ1) is 13.0. The molecule has 0 unspecified atom stereocenters. The zero-order valence-electron chi connectivity index (χ0n) is 11.5. The van der Waals surface area contributed by atoms with Crippen LogP contribution in [-0.2, 0) is 0 Å². The molecule has 2 aromatic rings. The van der Waals surface area contributed by atoms with Gasteiger partial charge in [-0.1, -0.05) is 13.3 Å². The molecule has 3 rings (SSSR count). The maximum atomic E-state index is 12.4. The quantitative estimate of drug-likeness (QED) is 0.919. The van der Waals surface area contributed by atoms with Gasteiger partial charge in [-0.05, 0) is 24.6 Å². The number of benzene rings is 1. The third kappa shape index (κ3) is 2.25. The summed E-state index contributed by atoms with van der Waals surface area (Å²) >= 11 is 0. The van der Waals surface area contributed by atoms with Crippen LogP contribution in [0.5, 0.6) is 0 Å². The summed E-state index contributed by atoms with van der Waals surface area (Å²) in [4.78, 5) is 22.6. The second kappa shape index (κ2) is 4.83. The Kier molecular flexibility index (Phi) is 3.14. The van der Waals surface area contributed by atoms with E-state index in [1.165, 1.54) is 0 Å². The van der Waals surface area contributed by atoms with Crippen LogP contribution < -0.4 is 5.73 Å². The van der Waals surface area contributed by atoms with Gasteiger partial charge in [-0.2, -0.15) is 0 Å². The summed E-state index contributed by atoms with van der Waals surface area (Å²) in [5.74, 6) is 0.0229. The van der Waals surface area contributed by atoms with Gasteiger partial charge in [-0.3, -0.25) is 14.8 Å². The van der Waals surface area contributed by atoms with Crippen molar-refractivity contribution in [2.24, 2.45) is 5.73 Å². The zero-order valence-corrected chi connectivity index (χ0v) is 11.5. The zero-order chi connectivity index (χ0) is 14.2. The summed E-state index contributed by atoms with van der Waals surface area (Å²) < 4.78 is 0. The van der Waals surface area contributed by atoms with E-state index in [1.807, 2.05) is 6.07 Å². The molecule has 1 saturated heterocycles. The van der Waals surface area contributed by atoms with E-state index >= 15 is 0 Å². The van der Waals surface area contributed by atoms with Gasteiger partial charge in [-0.15, -0.1) is 0 Å². The van der Waals surface area contributed by atoms with E-state index in [0.29, 0.717) is 18.7 Å². The molecular weight excluding hydrogens is 252 g/mol. The average Bonchev–Trinajstić information content (AvgIpc) is 2.43. The lowest BCUT2D eigenvalue weighted by Crippen LogP contribution is -2.68. The fraction of sp³-hybridized carbons (Fsp3) is 0.400. The van der Waals surface area contributed by atoms with Crippen molar-refractivity contribution in [2.45, 2.75) is 25.3 Å². The van der Waals surface area contributed by atoms with Crippen molar-refractivity contribution in [3.8, 4) is 0 Å². The molecule has 20 heavy (non-hydrogen) atoms. The Balaban J connectivity index is 1.77. The van der Waals surface area contributed by atoms with Crippen molar-refractivity contribution in [2.75, 3.05) is 13.1 Å². The first-order valence-corrected chi connectivity index (χ1v) is 6.90. The SMILES string of the molecule is CCCC1(N)CN(C(=O)c2ccc3nccnc3c2)C1. The summed E-state index contributed by atoms with van der Waals surface area (Å²) in [6.45, 7) is 3.39. The molecule has 0 radical (unpaired) electrons. The van der Waals surface area contributed by atoms with Gasteiger partial charge in [0, 0.05) is 31.0 Å². The number of likely N-dealkylation sites (tertiary alicyclic amines) is 1. The van der Waals surface area contributed by atoms with E-state index in [9.17, 15) is 4.79 Å². The lowest BCUT2D eigenvalue weighted by Gasteiger charge is -2.47. The number of hydrogen-bond donors (Lipinski definition) is 1. The highest BCUT2D eigenvalue weighted by Gasteiger charge is 2.41. The monoisotopic (exact) mass is 270 g/mol. The number of fused-ring (bicyclic) bond motifs is 1. The van der Waals surface area contributed by atoms with Crippen LogP contribution in [0.4, 0.5) is 0 Å². The molecule has 0 atom stereocenters. The molecule has 0 saturated carbocycles. The molecule has 2 N–H and O–H groups in total. The highest BCUT2D eigenvalue weighted by molar-refractivity contribution is 5.97. The van der Waals surface area contributed by atoms with Crippen molar-refractivity contribution in [3.63, 3.8) is 0 Å². The van der Waals surface area contributed by atoms with Gasteiger partial charge in [0.2, 0.25) is 0 Å². The van der Waals surface area contributed by atoms with Crippen molar-refractivity contribution in [1.82, 2.24) is 14.9 Å². The van der Waals surface area contributed by atoms with Crippen LogP contribution in [0.1, 0.15) is 30.1 Å². The standard InChI is InChI=1S/C15H18N4O/c1-2-5-15(16)9-19(10-15)14(20)11-3-4-12-13(8-11)18-7-6-17-12/h3-4,6-8H,2,5,9-10,16H2,1H3. The minimum atomic E-state index is -0.193. The van der Waals surface area contributed by atoms with Gasteiger partial charge >= 0.3 is 0 Å². The number of rotatable bonds is 3. The molecule has 2 heterocycles. The van der Waals surface area contributed by atoms with Gasteiger partial charge in [0.25, 0.3) is 5.91 Å². The molecule has 5 heteroatoms. The van der Waals surface area contributed by atoms with Crippen LogP contribution >= 0.6 is 0 Å². The predicted octanol–water partition coefficient (Wildman–Crippen LogP) is 1.58. The molecule has 0 spiro atoms. The number of carbonyl (C=O) groups excluding carboxylic acids is 1. The summed E-state index contributed by atoms with van der Waals surface area (Å²) in [5, 5.41) is 0. The summed E-state index contributed by atoms with van der Waals surface area (Å²) in [6, 6.07) is 5.42. The van der Waals surface area contributed by atoms with E-state index in [1.54, 1.807) is 29.4 Å². The molecule has 1 fully saturated rings. The largest absolute Gasteiger partial charge is 0.335 e. The normalized spacial score (nSPS) is 17.0. The van der Waals surface area contributed by atoms with E-state index in [2.05, 4.69) is 16.9 Å². The molecule has 0 bridgehead atoms. The van der Waals surface area contributed by atoms with Gasteiger partial charge in [0.05, 0.1) is 16.6 Å². The maximum absolute atomic E-state index is 12.4.